The number of hydrogen-bond acceptors (Lipinski definition) is 5. The molecule has 0 aromatic carbocycles. The van der Waals surface area contributed by atoms with Gasteiger partial charge in [-0.05, 0) is 22.4 Å². The zero-order valence-electron chi connectivity index (χ0n) is 6.81. The van der Waals surface area contributed by atoms with Crippen molar-refractivity contribution in [3.05, 3.63) is 39.0 Å². The van der Waals surface area contributed by atoms with Crippen molar-refractivity contribution in [2.75, 3.05) is 0 Å². The van der Waals surface area contributed by atoms with E-state index in [1.807, 2.05) is 17.1 Å². The number of rotatable bonds is 3. The van der Waals surface area contributed by atoms with E-state index in [9.17, 15) is 0 Å². The molecule has 13 heavy (non-hydrogen) atoms. The van der Waals surface area contributed by atoms with Crippen molar-refractivity contribution in [2.45, 2.75) is 6.04 Å². The van der Waals surface area contributed by atoms with Gasteiger partial charge in [-0.3, -0.25) is 10.8 Å². The van der Waals surface area contributed by atoms with Crippen LogP contribution >= 0.6 is 22.7 Å². The lowest BCUT2D eigenvalue weighted by molar-refractivity contribution is 0.647. The molecule has 2 aromatic rings. The molecule has 3 nitrogen and oxygen atoms in total. The van der Waals surface area contributed by atoms with Gasteiger partial charge in [-0.15, -0.1) is 11.3 Å². The van der Waals surface area contributed by atoms with Crippen LogP contribution in [0.1, 0.15) is 16.5 Å². The van der Waals surface area contributed by atoms with E-state index in [2.05, 4.69) is 21.9 Å². The fourth-order valence-corrected chi connectivity index (χ4v) is 2.54. The third-order valence-corrected chi connectivity index (χ3v) is 3.32. The summed E-state index contributed by atoms with van der Waals surface area (Å²) in [4.78, 5) is 5.17. The lowest BCUT2D eigenvalue weighted by Gasteiger charge is -2.11. The Bertz CT molecular complexity index is 307. The first kappa shape index (κ1) is 8.83. The van der Waals surface area contributed by atoms with Gasteiger partial charge in [0.25, 0.3) is 0 Å². The second-order valence-electron chi connectivity index (χ2n) is 2.56. The summed E-state index contributed by atoms with van der Waals surface area (Å²) in [6.45, 7) is 0. The smallest absolute Gasteiger partial charge is 0.0826 e. The predicted molar refractivity (Wildman–Crippen MR) is 55.6 cm³/mol. The molecule has 0 spiro atoms. The second kappa shape index (κ2) is 3.97. The Morgan fingerprint density at radius 1 is 1.54 bits per heavy atom. The fraction of sp³-hybridized carbons (Fsp3) is 0.125. The molecule has 0 amide bonds. The molecule has 2 aromatic heterocycles. The summed E-state index contributed by atoms with van der Waals surface area (Å²) in [5.41, 5.74) is 5.79. The van der Waals surface area contributed by atoms with Gasteiger partial charge in [0.15, 0.2) is 0 Å². The van der Waals surface area contributed by atoms with Gasteiger partial charge in [0.2, 0.25) is 0 Å². The molecular weight excluding hydrogens is 202 g/mol. The van der Waals surface area contributed by atoms with Crippen molar-refractivity contribution >= 4 is 22.7 Å². The van der Waals surface area contributed by atoms with Crippen LogP contribution in [-0.4, -0.2) is 4.98 Å². The van der Waals surface area contributed by atoms with Crippen LogP contribution in [0.3, 0.4) is 0 Å². The summed E-state index contributed by atoms with van der Waals surface area (Å²) < 4.78 is 0. The first-order chi connectivity index (χ1) is 6.42. The molecule has 0 aliphatic carbocycles. The van der Waals surface area contributed by atoms with Crippen molar-refractivity contribution in [2.24, 2.45) is 5.84 Å². The topological polar surface area (TPSA) is 50.9 Å². The summed E-state index contributed by atoms with van der Waals surface area (Å²) >= 11 is 3.27. The van der Waals surface area contributed by atoms with E-state index in [4.69, 9.17) is 5.84 Å². The van der Waals surface area contributed by atoms with Crippen LogP contribution in [0, 0.1) is 0 Å². The minimum absolute atomic E-state index is 0.0822. The number of thiazole rings is 1. The number of nitrogens with zero attached hydrogens (tertiary/aromatic N) is 1. The Balaban J connectivity index is 2.29. The molecule has 0 aliphatic rings. The van der Waals surface area contributed by atoms with Crippen LogP contribution in [0.25, 0.3) is 0 Å². The lowest BCUT2D eigenvalue weighted by atomic mass is 10.1. The quantitative estimate of drug-likeness (QED) is 0.601. The molecule has 2 heterocycles. The summed E-state index contributed by atoms with van der Waals surface area (Å²) in [5, 5.41) is 4.13. The first-order valence-corrected chi connectivity index (χ1v) is 5.60. The van der Waals surface area contributed by atoms with Crippen LogP contribution in [0.4, 0.5) is 0 Å². The molecule has 0 fully saturated rings. The van der Waals surface area contributed by atoms with E-state index < -0.39 is 0 Å². The number of thiophene rings is 1. The zero-order chi connectivity index (χ0) is 9.10. The third-order valence-electron chi connectivity index (χ3n) is 1.78. The van der Waals surface area contributed by atoms with Gasteiger partial charge in [0, 0.05) is 11.1 Å². The van der Waals surface area contributed by atoms with Gasteiger partial charge in [-0.2, -0.15) is 11.3 Å². The molecule has 1 atom stereocenters. The Morgan fingerprint density at radius 2 is 2.46 bits per heavy atom. The van der Waals surface area contributed by atoms with E-state index in [0.29, 0.717) is 0 Å². The summed E-state index contributed by atoms with van der Waals surface area (Å²) in [5.74, 6) is 5.49. The Morgan fingerprint density at radius 3 is 3.00 bits per heavy atom. The normalized spacial score (nSPS) is 13.0. The third kappa shape index (κ3) is 1.78. The fourth-order valence-electron chi connectivity index (χ4n) is 1.15. The molecule has 0 bridgehead atoms. The average molecular weight is 211 g/mol. The Hall–Kier alpha value is -0.750. The Labute approximate surface area is 84.2 Å². The Kier molecular flexibility index (Phi) is 2.70. The minimum Gasteiger partial charge on any atom is -0.271 e. The number of nitrogens with one attached hydrogen (secondary N) is 1. The van der Waals surface area contributed by atoms with E-state index >= 15 is 0 Å². The second-order valence-corrected chi connectivity index (χ2v) is 4.26. The maximum absolute atomic E-state index is 5.49. The highest BCUT2D eigenvalue weighted by molar-refractivity contribution is 7.09. The largest absolute Gasteiger partial charge is 0.271 e. The highest BCUT2D eigenvalue weighted by Crippen LogP contribution is 2.25. The number of hydrazine groups is 1. The van der Waals surface area contributed by atoms with Crippen molar-refractivity contribution in [3.8, 4) is 0 Å². The summed E-state index contributed by atoms with van der Waals surface area (Å²) in [6, 6.07) is 2.15. The average Bonchev–Trinajstić information content (AvgIpc) is 2.76. The molecule has 0 aliphatic heterocycles. The van der Waals surface area contributed by atoms with Crippen molar-refractivity contribution < 1.29 is 0 Å². The number of hydrogen-bond donors (Lipinski definition) is 2. The van der Waals surface area contributed by atoms with Gasteiger partial charge in [0.1, 0.15) is 0 Å². The molecule has 0 radical (unpaired) electrons. The highest BCUT2D eigenvalue weighted by Gasteiger charge is 2.13. The van der Waals surface area contributed by atoms with Gasteiger partial charge in [-0.25, -0.2) is 5.43 Å². The van der Waals surface area contributed by atoms with Crippen molar-refractivity contribution in [1.29, 1.82) is 0 Å². The molecule has 1 unspecified atom stereocenters. The lowest BCUT2D eigenvalue weighted by Crippen LogP contribution is -2.27. The molecule has 0 saturated heterocycles. The number of nitrogens with two attached hydrogens (primary N) is 1. The standard InChI is InChI=1S/C8H9N3S2/c9-11-8(6-1-2-12-4-6)7-3-10-5-13-7/h1-5,8,11H,9H2. The molecule has 3 N–H and O–H groups in total. The summed E-state index contributed by atoms with van der Waals surface area (Å²) in [6.07, 6.45) is 1.84. The van der Waals surface area contributed by atoms with Crippen LogP contribution in [0.15, 0.2) is 28.5 Å². The van der Waals surface area contributed by atoms with Gasteiger partial charge in [-0.1, -0.05) is 0 Å². The van der Waals surface area contributed by atoms with Crippen LogP contribution < -0.4 is 11.3 Å². The molecule has 5 heteroatoms. The minimum atomic E-state index is 0.0822. The molecule has 2 rings (SSSR count). The molecule has 0 saturated carbocycles. The van der Waals surface area contributed by atoms with Crippen LogP contribution in [0.5, 0.6) is 0 Å². The van der Waals surface area contributed by atoms with E-state index in [1.54, 1.807) is 22.7 Å². The van der Waals surface area contributed by atoms with E-state index in [1.165, 1.54) is 5.56 Å². The first-order valence-electron chi connectivity index (χ1n) is 3.78. The van der Waals surface area contributed by atoms with Gasteiger partial charge < -0.3 is 0 Å². The SMILES string of the molecule is NNC(c1ccsc1)c1cncs1. The van der Waals surface area contributed by atoms with Crippen LogP contribution in [-0.2, 0) is 0 Å². The van der Waals surface area contributed by atoms with E-state index in [-0.39, 0.29) is 6.04 Å². The predicted octanol–water partition coefficient (Wildman–Crippen LogP) is 1.76. The zero-order valence-corrected chi connectivity index (χ0v) is 8.44. The highest BCUT2D eigenvalue weighted by atomic mass is 32.1. The van der Waals surface area contributed by atoms with Gasteiger partial charge in [0.05, 0.1) is 11.6 Å². The van der Waals surface area contributed by atoms with Crippen molar-refractivity contribution in [1.82, 2.24) is 10.4 Å². The summed E-state index contributed by atoms with van der Waals surface area (Å²) in [7, 11) is 0. The molecular formula is C8H9N3S2. The maximum atomic E-state index is 5.49. The van der Waals surface area contributed by atoms with Gasteiger partial charge >= 0.3 is 0 Å². The van der Waals surface area contributed by atoms with Crippen LogP contribution in [0.2, 0.25) is 0 Å². The monoisotopic (exact) mass is 211 g/mol. The number of aromatic nitrogens is 1. The van der Waals surface area contributed by atoms with Crippen molar-refractivity contribution in [3.63, 3.8) is 0 Å². The molecule has 68 valence electrons. The van der Waals surface area contributed by atoms with E-state index in [0.717, 1.165) is 4.88 Å². The maximum Gasteiger partial charge on any atom is 0.0826 e.